The summed E-state index contributed by atoms with van der Waals surface area (Å²) in [5.41, 5.74) is 0.934. The molecule has 4 aliphatic carbocycles. The molecule has 0 bridgehead atoms. The molecule has 1 heterocycles. The van der Waals surface area contributed by atoms with Crippen molar-refractivity contribution in [1.82, 2.24) is 5.32 Å². The Labute approximate surface area is 376 Å². The molecule has 3 saturated carbocycles. The molecule has 4 fully saturated rings. The molecule has 11 atom stereocenters. The fraction of sp³-hybridized carbons (Fsp3) is 0.553. The third-order valence-corrected chi connectivity index (χ3v) is 15.6. The minimum atomic E-state index is -5.01. The van der Waals surface area contributed by atoms with Gasteiger partial charge in [-0.1, -0.05) is 84.7 Å². The van der Waals surface area contributed by atoms with Crippen LogP contribution in [0.3, 0.4) is 0 Å². The number of hydrogen-bond donors (Lipinski definition) is 5. The van der Waals surface area contributed by atoms with Crippen molar-refractivity contribution in [3.8, 4) is 0 Å². The van der Waals surface area contributed by atoms with E-state index in [1.165, 1.54) is 0 Å². The molecule has 63 heavy (non-hydrogen) atoms. The summed E-state index contributed by atoms with van der Waals surface area (Å²) >= 11 is 3.15. The predicted octanol–water partition coefficient (Wildman–Crippen LogP) is 6.25. The molecule has 0 aromatic heterocycles. The minimum absolute atomic E-state index is 0.0447. The lowest BCUT2D eigenvalue weighted by Gasteiger charge is -2.59. The number of hydrogen-bond acceptors (Lipinski definition) is 11. The van der Waals surface area contributed by atoms with Gasteiger partial charge in [-0.05, 0) is 99.2 Å². The number of alkyl halides is 1. The second kappa shape index (κ2) is 18.8. The van der Waals surface area contributed by atoms with E-state index in [0.717, 1.165) is 16.7 Å². The topological polar surface area (TPSA) is 215 Å². The number of aliphatic hydroxyl groups is 1. The fourth-order valence-electron chi connectivity index (χ4n) is 11.4. The number of carbonyl (C=O) groups excluding carboxylic acids is 5. The van der Waals surface area contributed by atoms with Crippen molar-refractivity contribution in [2.75, 3.05) is 23.8 Å². The Morgan fingerprint density at radius 1 is 1.06 bits per heavy atom. The van der Waals surface area contributed by atoms with E-state index in [-0.39, 0.29) is 53.9 Å². The normalized spacial score (nSPS) is 31.8. The lowest BCUT2D eigenvalue weighted by molar-refractivity contribution is -0.200. The van der Waals surface area contributed by atoms with Crippen LogP contribution in [-0.2, 0) is 49.0 Å². The first-order chi connectivity index (χ1) is 29.8. The van der Waals surface area contributed by atoms with Crippen LogP contribution in [0.2, 0.25) is 0 Å². The highest BCUT2D eigenvalue weighted by atomic mass is 79.9. The Morgan fingerprint density at radius 3 is 2.52 bits per heavy atom. The van der Waals surface area contributed by atoms with Crippen LogP contribution in [0.25, 0.3) is 0 Å². The van der Waals surface area contributed by atoms with Crippen LogP contribution < -0.4 is 10.6 Å². The number of ketones is 4. The zero-order valence-electron chi connectivity index (χ0n) is 36.1. The number of amides is 1. The van der Waals surface area contributed by atoms with Crippen LogP contribution in [0.1, 0.15) is 95.6 Å². The van der Waals surface area contributed by atoms with Crippen LogP contribution >= 0.6 is 23.8 Å². The molecule has 2 aromatic rings. The van der Waals surface area contributed by atoms with E-state index < -0.39 is 67.1 Å². The number of nitrogens with one attached hydrogen (secondary N) is 2. The number of fused-ring (bicyclic) bond motifs is 7. The average molecular weight is 954 g/mol. The lowest BCUT2D eigenvalue weighted by atomic mass is 9.46. The summed E-state index contributed by atoms with van der Waals surface area (Å²) in [5, 5.41) is 18.4. The number of allylic oxidation sites excluding steroid dienone is 4. The summed E-state index contributed by atoms with van der Waals surface area (Å²) < 4.78 is 30.0. The molecule has 0 unspecified atom stereocenters. The van der Waals surface area contributed by atoms with Gasteiger partial charge >= 0.3 is 7.82 Å². The Hall–Kier alpha value is -3.50. The molecular weight excluding hydrogens is 895 g/mol. The highest BCUT2D eigenvalue weighted by Crippen LogP contribution is 2.70. The van der Waals surface area contributed by atoms with E-state index >= 15 is 0 Å². The number of phosphoric ester groups is 1. The molecule has 1 aliphatic heterocycles. The van der Waals surface area contributed by atoms with Gasteiger partial charge in [0.05, 0.1) is 23.6 Å². The Morgan fingerprint density at radius 2 is 1.81 bits per heavy atom. The molecule has 7 rings (SSSR count). The van der Waals surface area contributed by atoms with Gasteiger partial charge in [-0.2, -0.15) is 0 Å². The van der Waals surface area contributed by atoms with E-state index in [9.17, 15) is 43.4 Å². The highest BCUT2D eigenvalue weighted by Gasteiger charge is 2.76. The van der Waals surface area contributed by atoms with E-state index in [0.29, 0.717) is 61.7 Å². The van der Waals surface area contributed by atoms with Crippen LogP contribution in [0.15, 0.2) is 72.3 Å². The minimum Gasteiger partial charge on any atom is -0.393 e. The number of phosphoric acid groups is 1. The van der Waals surface area contributed by atoms with Crippen molar-refractivity contribution in [1.29, 1.82) is 0 Å². The van der Waals surface area contributed by atoms with Gasteiger partial charge in [0, 0.05) is 46.8 Å². The van der Waals surface area contributed by atoms with E-state index in [4.69, 9.17) is 14.0 Å². The first-order valence-corrected chi connectivity index (χ1v) is 24.4. The monoisotopic (exact) mass is 952 g/mol. The molecule has 16 heteroatoms. The van der Waals surface area contributed by atoms with Crippen molar-refractivity contribution in [3.05, 3.63) is 89.0 Å². The Kier molecular flexibility index (Phi) is 14.1. The number of Topliss-reactive ketones (excluding diaryl/α,β-unsaturated/α-hetero) is 3. The smallest absolute Gasteiger partial charge is 0.393 e. The first kappa shape index (κ1) is 47.5. The Bertz CT molecular complexity index is 2230. The van der Waals surface area contributed by atoms with Gasteiger partial charge in [0.1, 0.15) is 18.2 Å². The number of halogens is 1. The SMILES string of the molecule is C[C@H](CC(=O)[C@H](C)NCCCC(=O)CBr)C(=O)Nc1cccc(Cc2ccc([C@@H]3O[C@@H]4C[C@H]5[C@@H]6CCC7=CC(=O)C=C[C@]7(C)[C@H]6[C@@H](O)C[C@]5(C)[C@]4(C(=O)COP(=O)(O)O)O3)cc2)c1. The maximum Gasteiger partial charge on any atom is 0.470 e. The zero-order chi connectivity index (χ0) is 45.5. The van der Waals surface area contributed by atoms with Crippen molar-refractivity contribution >= 4 is 58.5 Å². The summed E-state index contributed by atoms with van der Waals surface area (Å²) in [6.07, 6.45) is 6.15. The van der Waals surface area contributed by atoms with Gasteiger partial charge in [-0.15, -0.1) is 0 Å². The number of benzene rings is 2. The zero-order valence-corrected chi connectivity index (χ0v) is 38.6. The molecule has 1 amide bonds. The summed E-state index contributed by atoms with van der Waals surface area (Å²) in [7, 11) is -5.01. The number of rotatable bonds is 18. The summed E-state index contributed by atoms with van der Waals surface area (Å²) in [6.45, 7) is 7.10. The number of anilines is 1. The predicted molar refractivity (Wildman–Crippen MR) is 236 cm³/mol. The van der Waals surface area contributed by atoms with Crippen LogP contribution in [0.5, 0.6) is 0 Å². The van der Waals surface area contributed by atoms with Gasteiger partial charge in [-0.3, -0.25) is 28.5 Å². The third kappa shape index (κ3) is 9.60. The summed E-state index contributed by atoms with van der Waals surface area (Å²) in [6, 6.07) is 14.6. The van der Waals surface area contributed by atoms with Crippen LogP contribution in [0, 0.1) is 34.5 Å². The molecule has 14 nitrogen and oxygen atoms in total. The largest absolute Gasteiger partial charge is 0.470 e. The second-order valence-electron chi connectivity index (χ2n) is 18.6. The van der Waals surface area contributed by atoms with Gasteiger partial charge in [-0.25, -0.2) is 4.57 Å². The van der Waals surface area contributed by atoms with Crippen molar-refractivity contribution in [2.24, 2.45) is 34.5 Å². The molecular formula is C47H58BrN2O12P. The van der Waals surface area contributed by atoms with Gasteiger partial charge < -0.3 is 35.0 Å². The molecule has 340 valence electrons. The summed E-state index contributed by atoms with van der Waals surface area (Å²) in [4.78, 5) is 83.3. The molecule has 5 aliphatic rings. The van der Waals surface area contributed by atoms with Gasteiger partial charge in [0.15, 0.2) is 23.5 Å². The quantitative estimate of drug-likeness (QED) is 0.0636. The third-order valence-electron chi connectivity index (χ3n) is 14.5. The van der Waals surface area contributed by atoms with Crippen molar-refractivity contribution in [2.45, 2.75) is 109 Å². The molecule has 5 N–H and O–H groups in total. The van der Waals surface area contributed by atoms with Crippen molar-refractivity contribution in [3.63, 3.8) is 0 Å². The molecule has 0 radical (unpaired) electrons. The maximum absolute atomic E-state index is 14.4. The first-order valence-electron chi connectivity index (χ1n) is 21.8. The average Bonchev–Trinajstić information content (AvgIpc) is 3.74. The van der Waals surface area contributed by atoms with Gasteiger partial charge in [0.25, 0.3) is 0 Å². The fourth-order valence-corrected chi connectivity index (χ4v) is 11.9. The van der Waals surface area contributed by atoms with E-state index in [1.54, 1.807) is 32.1 Å². The maximum atomic E-state index is 14.4. The molecule has 0 spiro atoms. The van der Waals surface area contributed by atoms with E-state index in [1.807, 2.05) is 55.5 Å². The molecule has 1 saturated heterocycles. The van der Waals surface area contributed by atoms with Crippen molar-refractivity contribution < 1.29 is 57.4 Å². The molecule has 2 aromatic carbocycles. The number of aliphatic hydroxyl groups excluding tert-OH is 1. The second-order valence-corrected chi connectivity index (χ2v) is 20.4. The number of carbonyl (C=O) groups is 5. The van der Waals surface area contributed by atoms with Gasteiger partial charge in [0.2, 0.25) is 5.91 Å². The summed E-state index contributed by atoms with van der Waals surface area (Å²) in [5.74, 6) is -1.92. The van der Waals surface area contributed by atoms with Crippen LogP contribution in [0.4, 0.5) is 5.69 Å². The highest BCUT2D eigenvalue weighted by molar-refractivity contribution is 9.09. The number of ether oxygens (including phenoxy) is 2. The van der Waals surface area contributed by atoms with E-state index in [2.05, 4.69) is 33.5 Å². The standard InChI is InChI=1S/C47H58BrN2O12P/c1-27(19-38(53)28(2)49-18-6-9-35(52)25-48)43(56)50-33-8-5-7-30(21-33)20-29-10-12-31(13-11-29)44-61-41-23-37-36-15-14-32-22-34(51)16-17-45(32,3)42(36)39(54)24-46(37,4)47(41,62-44)40(55)26-60-63(57,58)59/h5,7-8,10-13,16-17,21-22,27-28,36-37,39,41-42,44,49,54H,6,9,14-15,18-20,23-26H2,1-4H3,(H,50,56)(H2,57,58,59)/t27-,28+,36+,37+,39+,41-,42-,44-,45+,46+,47-/m1/s1. The van der Waals surface area contributed by atoms with Crippen LogP contribution in [-0.4, -0.2) is 86.3 Å². The lowest BCUT2D eigenvalue weighted by Crippen LogP contribution is -2.63. The Balaban J connectivity index is 1.01.